The average Bonchev–Trinajstić information content (AvgIpc) is 2.48. The Labute approximate surface area is 130 Å². The summed E-state index contributed by atoms with van der Waals surface area (Å²) >= 11 is 3.36. The first-order valence-electron chi connectivity index (χ1n) is 6.14. The maximum Gasteiger partial charge on any atom is 0.181 e. The van der Waals surface area contributed by atoms with E-state index in [1.54, 1.807) is 6.07 Å². The van der Waals surface area contributed by atoms with E-state index in [0.717, 1.165) is 16.1 Å². The molecule has 0 bridgehead atoms. The molecule has 0 saturated heterocycles. The summed E-state index contributed by atoms with van der Waals surface area (Å²) in [5.41, 5.74) is 0.876. The van der Waals surface area contributed by atoms with Gasteiger partial charge in [-0.3, -0.25) is 0 Å². The van der Waals surface area contributed by atoms with E-state index in [2.05, 4.69) is 27.2 Å². The standard InChI is InChI=1S/C16H12BrF2NO/c1-2-8-21-15-7-6-12(17)9-11(15)10-20-14-5-3-4-13(18)16(14)19/h1,3-7,9,20H,8,10H2. The highest BCUT2D eigenvalue weighted by atomic mass is 79.9. The van der Waals surface area contributed by atoms with Gasteiger partial charge in [0.05, 0.1) is 5.69 Å². The number of nitrogens with one attached hydrogen (secondary N) is 1. The van der Waals surface area contributed by atoms with E-state index >= 15 is 0 Å². The third kappa shape index (κ3) is 3.96. The first-order valence-corrected chi connectivity index (χ1v) is 6.93. The number of halogens is 3. The van der Waals surface area contributed by atoms with E-state index < -0.39 is 11.6 Å². The zero-order valence-electron chi connectivity index (χ0n) is 11.0. The molecule has 0 radical (unpaired) electrons. The zero-order chi connectivity index (χ0) is 15.2. The molecule has 108 valence electrons. The smallest absolute Gasteiger partial charge is 0.181 e. The van der Waals surface area contributed by atoms with Crippen LogP contribution in [0.4, 0.5) is 14.5 Å². The average molecular weight is 352 g/mol. The van der Waals surface area contributed by atoms with Crippen LogP contribution in [-0.4, -0.2) is 6.61 Å². The molecule has 1 N–H and O–H groups in total. The predicted molar refractivity (Wildman–Crippen MR) is 82.2 cm³/mol. The van der Waals surface area contributed by atoms with Gasteiger partial charge in [0.2, 0.25) is 0 Å². The highest BCUT2D eigenvalue weighted by molar-refractivity contribution is 9.10. The minimum absolute atomic E-state index is 0.0953. The summed E-state index contributed by atoms with van der Waals surface area (Å²) in [7, 11) is 0. The molecule has 0 unspecified atom stereocenters. The van der Waals surface area contributed by atoms with Crippen LogP contribution < -0.4 is 10.1 Å². The summed E-state index contributed by atoms with van der Waals surface area (Å²) < 4.78 is 33.0. The highest BCUT2D eigenvalue weighted by Crippen LogP contribution is 2.25. The van der Waals surface area contributed by atoms with E-state index in [0.29, 0.717) is 5.75 Å². The van der Waals surface area contributed by atoms with Crippen molar-refractivity contribution in [1.82, 2.24) is 0 Å². The van der Waals surface area contributed by atoms with Crippen molar-refractivity contribution in [3.8, 4) is 18.1 Å². The molecule has 0 saturated carbocycles. The van der Waals surface area contributed by atoms with Gasteiger partial charge >= 0.3 is 0 Å². The Hall–Kier alpha value is -2.06. The van der Waals surface area contributed by atoms with Crippen LogP contribution in [0.25, 0.3) is 0 Å². The predicted octanol–water partition coefficient (Wildman–Crippen LogP) is 4.35. The van der Waals surface area contributed by atoms with Gasteiger partial charge < -0.3 is 10.1 Å². The summed E-state index contributed by atoms with van der Waals surface area (Å²) in [5.74, 6) is 1.19. The van der Waals surface area contributed by atoms with Crippen LogP contribution in [0.5, 0.6) is 5.75 Å². The molecular weight excluding hydrogens is 340 g/mol. The Morgan fingerprint density at radius 1 is 1.24 bits per heavy atom. The quantitative estimate of drug-likeness (QED) is 0.808. The summed E-state index contributed by atoms with van der Waals surface area (Å²) in [6.45, 7) is 0.419. The van der Waals surface area contributed by atoms with Crippen LogP contribution in [0.3, 0.4) is 0 Å². The number of terminal acetylenes is 1. The third-order valence-corrected chi connectivity index (χ3v) is 3.25. The number of rotatable bonds is 5. The summed E-state index contributed by atoms with van der Waals surface area (Å²) in [4.78, 5) is 0. The second-order valence-electron chi connectivity index (χ2n) is 4.20. The van der Waals surface area contributed by atoms with Crippen LogP contribution in [0.2, 0.25) is 0 Å². The molecular formula is C16H12BrF2NO. The van der Waals surface area contributed by atoms with Crippen molar-refractivity contribution >= 4 is 21.6 Å². The van der Waals surface area contributed by atoms with Crippen molar-refractivity contribution in [3.05, 3.63) is 58.1 Å². The van der Waals surface area contributed by atoms with Gasteiger partial charge in [0, 0.05) is 16.6 Å². The minimum atomic E-state index is -0.904. The largest absolute Gasteiger partial charge is 0.481 e. The number of hydrogen-bond acceptors (Lipinski definition) is 2. The summed E-state index contributed by atoms with van der Waals surface area (Å²) in [6.07, 6.45) is 5.17. The molecule has 0 atom stereocenters. The molecule has 5 heteroatoms. The lowest BCUT2D eigenvalue weighted by molar-refractivity contribution is 0.366. The summed E-state index contributed by atoms with van der Waals surface area (Å²) in [5, 5.41) is 2.85. The van der Waals surface area contributed by atoms with Crippen molar-refractivity contribution < 1.29 is 13.5 Å². The molecule has 21 heavy (non-hydrogen) atoms. The SMILES string of the molecule is C#CCOc1ccc(Br)cc1CNc1cccc(F)c1F. The van der Waals surface area contributed by atoms with Crippen molar-refractivity contribution in [3.63, 3.8) is 0 Å². The van der Waals surface area contributed by atoms with Gasteiger partial charge in [-0.1, -0.05) is 27.9 Å². The van der Waals surface area contributed by atoms with Gasteiger partial charge in [-0.15, -0.1) is 6.42 Å². The molecule has 0 heterocycles. The molecule has 2 aromatic carbocycles. The second-order valence-corrected chi connectivity index (χ2v) is 5.12. The fourth-order valence-electron chi connectivity index (χ4n) is 1.78. The number of ether oxygens (including phenoxy) is 1. The normalized spacial score (nSPS) is 10.0. The fraction of sp³-hybridized carbons (Fsp3) is 0.125. The summed E-state index contributed by atoms with van der Waals surface area (Å²) in [6, 6.07) is 9.39. The van der Waals surface area contributed by atoms with E-state index in [4.69, 9.17) is 11.2 Å². The van der Waals surface area contributed by atoms with Gasteiger partial charge in [0.25, 0.3) is 0 Å². The van der Waals surface area contributed by atoms with E-state index in [1.165, 1.54) is 12.1 Å². The molecule has 2 rings (SSSR count). The van der Waals surface area contributed by atoms with Gasteiger partial charge in [-0.25, -0.2) is 8.78 Å². The van der Waals surface area contributed by atoms with E-state index in [-0.39, 0.29) is 18.8 Å². The Kier molecular flexibility index (Phi) is 5.18. The molecule has 0 spiro atoms. The molecule has 0 aliphatic heterocycles. The number of anilines is 1. The Morgan fingerprint density at radius 2 is 2.05 bits per heavy atom. The molecule has 0 aliphatic rings. The number of benzene rings is 2. The number of hydrogen-bond donors (Lipinski definition) is 1. The van der Waals surface area contributed by atoms with E-state index in [1.807, 2.05) is 12.1 Å². The molecule has 0 fully saturated rings. The van der Waals surface area contributed by atoms with Crippen LogP contribution in [0.1, 0.15) is 5.56 Å². The van der Waals surface area contributed by atoms with E-state index in [9.17, 15) is 8.78 Å². The molecule has 0 amide bonds. The Morgan fingerprint density at radius 3 is 2.81 bits per heavy atom. The van der Waals surface area contributed by atoms with Gasteiger partial charge in [-0.05, 0) is 30.3 Å². The van der Waals surface area contributed by atoms with Crippen LogP contribution in [0, 0.1) is 24.0 Å². The Bertz CT molecular complexity index is 682. The molecule has 0 aromatic heterocycles. The van der Waals surface area contributed by atoms with Crippen molar-refractivity contribution in [2.75, 3.05) is 11.9 Å². The first kappa shape index (κ1) is 15.3. The van der Waals surface area contributed by atoms with Crippen LogP contribution in [0.15, 0.2) is 40.9 Å². The van der Waals surface area contributed by atoms with Crippen molar-refractivity contribution in [1.29, 1.82) is 0 Å². The van der Waals surface area contributed by atoms with Gasteiger partial charge in [0.15, 0.2) is 11.6 Å². The highest BCUT2D eigenvalue weighted by Gasteiger charge is 2.09. The van der Waals surface area contributed by atoms with Gasteiger partial charge in [-0.2, -0.15) is 0 Å². The lowest BCUT2D eigenvalue weighted by Gasteiger charge is -2.12. The monoisotopic (exact) mass is 351 g/mol. The van der Waals surface area contributed by atoms with Crippen molar-refractivity contribution in [2.24, 2.45) is 0 Å². The van der Waals surface area contributed by atoms with Crippen LogP contribution in [-0.2, 0) is 6.54 Å². The maximum atomic E-state index is 13.6. The molecule has 2 nitrogen and oxygen atoms in total. The molecule has 2 aromatic rings. The first-order chi connectivity index (χ1) is 10.1. The van der Waals surface area contributed by atoms with Gasteiger partial charge in [0.1, 0.15) is 12.4 Å². The maximum absolute atomic E-state index is 13.6. The zero-order valence-corrected chi connectivity index (χ0v) is 12.6. The lowest BCUT2D eigenvalue weighted by atomic mass is 10.2. The van der Waals surface area contributed by atoms with Crippen molar-refractivity contribution in [2.45, 2.75) is 6.54 Å². The second kappa shape index (κ2) is 7.09. The Balaban J connectivity index is 2.17. The third-order valence-electron chi connectivity index (χ3n) is 2.75. The minimum Gasteiger partial charge on any atom is -0.481 e. The van der Waals surface area contributed by atoms with Crippen LogP contribution >= 0.6 is 15.9 Å². The topological polar surface area (TPSA) is 21.3 Å². The molecule has 0 aliphatic carbocycles. The lowest BCUT2D eigenvalue weighted by Crippen LogP contribution is -2.05. The fourth-order valence-corrected chi connectivity index (χ4v) is 2.19.